The molecule has 0 saturated heterocycles. The molecule has 1 aromatic heterocycles. The molecule has 0 aliphatic carbocycles. The van der Waals surface area contributed by atoms with E-state index in [1.807, 2.05) is 0 Å². The number of halogens is 4. The highest BCUT2D eigenvalue weighted by molar-refractivity contribution is 6.34. The molecular formula is C23H21ClF3N3O4. The standard InChI is InChI=1S/C23H21ClF3N3O4/c1-12(2)20(31)28-10-13-3-5-17(24)16(7-13)21(32)29-15-4-6-18-14(8-15)9-19(22(33)34)30(18)11-23(25,26)27/h3-9,12H,10-11H2,1-2H3,(H,28,31)(H,29,32)(H,33,34). The Morgan fingerprint density at radius 1 is 1.09 bits per heavy atom. The topological polar surface area (TPSA) is 100 Å². The SMILES string of the molecule is CC(C)C(=O)NCc1ccc(Cl)c(C(=O)Nc2ccc3c(c2)cc(C(=O)O)n3CC(F)(F)F)c1. The number of carbonyl (C=O) groups excluding carboxylic acids is 2. The number of nitrogens with one attached hydrogen (secondary N) is 2. The summed E-state index contributed by atoms with van der Waals surface area (Å²) in [6.07, 6.45) is -4.61. The van der Waals surface area contributed by atoms with Crippen molar-refractivity contribution in [1.29, 1.82) is 0 Å². The number of amides is 2. The van der Waals surface area contributed by atoms with Crippen LogP contribution in [0.25, 0.3) is 10.9 Å². The van der Waals surface area contributed by atoms with Crippen LogP contribution in [0.2, 0.25) is 5.02 Å². The second-order valence-corrected chi connectivity index (χ2v) is 8.36. The second kappa shape index (κ2) is 9.76. The summed E-state index contributed by atoms with van der Waals surface area (Å²) in [7, 11) is 0. The van der Waals surface area contributed by atoms with Crippen LogP contribution in [0.1, 0.15) is 40.3 Å². The third-order valence-corrected chi connectivity index (χ3v) is 5.31. The number of aromatic carboxylic acids is 1. The number of benzene rings is 2. The number of rotatable bonds is 7. The molecule has 1 heterocycles. The smallest absolute Gasteiger partial charge is 0.406 e. The quantitative estimate of drug-likeness (QED) is 0.425. The predicted molar refractivity (Wildman–Crippen MR) is 121 cm³/mol. The van der Waals surface area contributed by atoms with Gasteiger partial charge >= 0.3 is 12.1 Å². The molecule has 3 rings (SSSR count). The molecule has 0 unspecified atom stereocenters. The summed E-state index contributed by atoms with van der Waals surface area (Å²) in [6, 6.07) is 9.90. The number of carboxylic acids is 1. The van der Waals surface area contributed by atoms with Crippen LogP contribution in [0.3, 0.4) is 0 Å². The summed E-state index contributed by atoms with van der Waals surface area (Å²) in [5, 5.41) is 15.0. The minimum atomic E-state index is -4.61. The van der Waals surface area contributed by atoms with E-state index < -0.39 is 30.3 Å². The first kappa shape index (κ1) is 25.1. The van der Waals surface area contributed by atoms with Crippen LogP contribution in [0.5, 0.6) is 0 Å². The maximum absolute atomic E-state index is 12.9. The van der Waals surface area contributed by atoms with Gasteiger partial charge in [-0.2, -0.15) is 13.2 Å². The monoisotopic (exact) mass is 495 g/mol. The van der Waals surface area contributed by atoms with Gasteiger partial charge in [-0.25, -0.2) is 4.79 Å². The van der Waals surface area contributed by atoms with Crippen molar-refractivity contribution in [3.8, 4) is 0 Å². The number of fused-ring (bicyclic) bond motifs is 1. The van der Waals surface area contributed by atoms with Crippen molar-refractivity contribution in [2.45, 2.75) is 33.1 Å². The molecule has 3 aromatic rings. The summed E-state index contributed by atoms with van der Waals surface area (Å²) in [6.45, 7) is 2.25. The van der Waals surface area contributed by atoms with E-state index in [2.05, 4.69) is 10.6 Å². The second-order valence-electron chi connectivity index (χ2n) is 7.95. The van der Waals surface area contributed by atoms with Crippen molar-refractivity contribution in [2.75, 3.05) is 5.32 Å². The van der Waals surface area contributed by atoms with Crippen molar-refractivity contribution in [3.05, 3.63) is 64.3 Å². The van der Waals surface area contributed by atoms with Gasteiger partial charge < -0.3 is 20.3 Å². The van der Waals surface area contributed by atoms with E-state index in [0.29, 0.717) is 10.1 Å². The molecule has 0 radical (unpaired) electrons. The van der Waals surface area contributed by atoms with Crippen LogP contribution < -0.4 is 10.6 Å². The van der Waals surface area contributed by atoms with Crippen LogP contribution >= 0.6 is 11.6 Å². The Morgan fingerprint density at radius 3 is 2.41 bits per heavy atom. The van der Waals surface area contributed by atoms with E-state index in [0.717, 1.165) is 6.07 Å². The average Bonchev–Trinajstić information content (AvgIpc) is 3.09. The summed E-state index contributed by atoms with van der Waals surface area (Å²) in [5.74, 6) is -2.42. The lowest BCUT2D eigenvalue weighted by atomic mass is 10.1. The fraction of sp³-hybridized carbons (Fsp3) is 0.261. The maximum atomic E-state index is 12.9. The number of anilines is 1. The molecule has 2 amide bonds. The summed E-state index contributed by atoms with van der Waals surface area (Å²) in [5.41, 5.74) is 0.574. The number of alkyl halides is 3. The van der Waals surface area contributed by atoms with Gasteiger partial charge in [-0.05, 0) is 42.0 Å². The number of hydrogen-bond donors (Lipinski definition) is 3. The van der Waals surface area contributed by atoms with E-state index in [4.69, 9.17) is 11.6 Å². The summed E-state index contributed by atoms with van der Waals surface area (Å²) < 4.78 is 39.5. The van der Waals surface area contributed by atoms with Crippen LogP contribution in [0, 0.1) is 5.92 Å². The number of carbonyl (C=O) groups is 3. The molecule has 0 aliphatic heterocycles. The van der Waals surface area contributed by atoms with Crippen molar-refractivity contribution in [1.82, 2.24) is 9.88 Å². The Labute approximate surface area is 197 Å². The molecular weight excluding hydrogens is 475 g/mol. The minimum absolute atomic E-state index is 0.0636. The van der Waals surface area contributed by atoms with Crippen molar-refractivity contribution in [2.24, 2.45) is 5.92 Å². The Hall–Kier alpha value is -3.53. The van der Waals surface area contributed by atoms with Crippen LogP contribution in [0.15, 0.2) is 42.5 Å². The lowest BCUT2D eigenvalue weighted by Gasteiger charge is -2.12. The first-order chi connectivity index (χ1) is 15.9. The van der Waals surface area contributed by atoms with Gasteiger partial charge in [0.1, 0.15) is 12.2 Å². The van der Waals surface area contributed by atoms with Crippen LogP contribution in [-0.4, -0.2) is 33.6 Å². The van der Waals surface area contributed by atoms with Crippen molar-refractivity contribution in [3.63, 3.8) is 0 Å². The zero-order valence-corrected chi connectivity index (χ0v) is 18.9. The van der Waals surface area contributed by atoms with Crippen LogP contribution in [-0.2, 0) is 17.9 Å². The number of hydrogen-bond acceptors (Lipinski definition) is 3. The van der Waals surface area contributed by atoms with E-state index in [-0.39, 0.29) is 45.5 Å². The summed E-state index contributed by atoms with van der Waals surface area (Å²) in [4.78, 5) is 36.0. The Balaban J connectivity index is 1.85. The average molecular weight is 496 g/mol. The number of aromatic nitrogens is 1. The lowest BCUT2D eigenvalue weighted by molar-refractivity contribution is -0.140. The molecule has 0 atom stereocenters. The molecule has 0 fully saturated rings. The van der Waals surface area contributed by atoms with Gasteiger partial charge in [-0.3, -0.25) is 9.59 Å². The van der Waals surface area contributed by atoms with Crippen LogP contribution in [0.4, 0.5) is 18.9 Å². The van der Waals surface area contributed by atoms with E-state index in [9.17, 15) is 32.7 Å². The van der Waals surface area contributed by atoms with Crippen molar-refractivity contribution < 1.29 is 32.7 Å². The number of nitrogens with zero attached hydrogens (tertiary/aromatic N) is 1. The van der Waals surface area contributed by atoms with Gasteiger partial charge in [0, 0.05) is 29.1 Å². The largest absolute Gasteiger partial charge is 0.477 e. The van der Waals surface area contributed by atoms with Gasteiger partial charge in [0.25, 0.3) is 5.91 Å². The van der Waals surface area contributed by atoms with Gasteiger partial charge in [0.2, 0.25) is 5.91 Å². The van der Waals surface area contributed by atoms with Gasteiger partial charge in [0.15, 0.2) is 0 Å². The highest BCUT2D eigenvalue weighted by Gasteiger charge is 2.31. The molecule has 2 aromatic carbocycles. The fourth-order valence-electron chi connectivity index (χ4n) is 3.32. The van der Waals surface area contributed by atoms with E-state index in [1.54, 1.807) is 19.9 Å². The predicted octanol–water partition coefficient (Wildman–Crippen LogP) is 5.08. The van der Waals surface area contributed by atoms with Gasteiger partial charge in [-0.15, -0.1) is 0 Å². The zero-order chi connectivity index (χ0) is 25.2. The molecule has 7 nitrogen and oxygen atoms in total. The molecule has 0 bridgehead atoms. The van der Waals surface area contributed by atoms with E-state index >= 15 is 0 Å². The fourth-order valence-corrected chi connectivity index (χ4v) is 3.53. The molecule has 180 valence electrons. The van der Waals surface area contributed by atoms with Gasteiger partial charge in [0.05, 0.1) is 10.6 Å². The first-order valence-electron chi connectivity index (χ1n) is 10.2. The molecule has 0 saturated carbocycles. The first-order valence-corrected chi connectivity index (χ1v) is 10.5. The maximum Gasteiger partial charge on any atom is 0.406 e. The third-order valence-electron chi connectivity index (χ3n) is 4.98. The molecule has 0 spiro atoms. The number of carboxylic acid groups (broad SMARTS) is 1. The Kier molecular flexibility index (Phi) is 7.21. The van der Waals surface area contributed by atoms with E-state index in [1.165, 1.54) is 30.3 Å². The third kappa shape index (κ3) is 5.88. The van der Waals surface area contributed by atoms with Crippen molar-refractivity contribution >= 4 is 46.0 Å². The summed E-state index contributed by atoms with van der Waals surface area (Å²) >= 11 is 6.16. The molecule has 3 N–H and O–H groups in total. The molecule has 11 heteroatoms. The minimum Gasteiger partial charge on any atom is -0.477 e. The highest BCUT2D eigenvalue weighted by Crippen LogP contribution is 2.28. The molecule has 0 aliphatic rings. The Morgan fingerprint density at radius 2 is 1.79 bits per heavy atom. The Bertz CT molecular complexity index is 1270. The molecule has 34 heavy (non-hydrogen) atoms. The highest BCUT2D eigenvalue weighted by atomic mass is 35.5. The van der Waals surface area contributed by atoms with Gasteiger partial charge in [-0.1, -0.05) is 31.5 Å². The zero-order valence-electron chi connectivity index (χ0n) is 18.2. The lowest BCUT2D eigenvalue weighted by Crippen LogP contribution is -2.27. The normalized spacial score (nSPS) is 11.6.